The molecule has 0 spiro atoms. The highest BCUT2D eigenvalue weighted by atomic mass is 16.5. The molecule has 2 N–H and O–H groups in total. The minimum Gasteiger partial charge on any atom is -0.485 e. The Balaban J connectivity index is 2.20. The molecule has 0 radical (unpaired) electrons. The fraction of sp³-hybridized carbons (Fsp3) is 0.133. The van der Waals surface area contributed by atoms with E-state index in [1.807, 2.05) is 42.5 Å². The Labute approximate surface area is 106 Å². The van der Waals surface area contributed by atoms with Crippen molar-refractivity contribution in [3.05, 3.63) is 60.2 Å². The Kier molecular flexibility index (Phi) is 3.83. The van der Waals surface area contributed by atoms with Crippen LogP contribution in [0.15, 0.2) is 54.6 Å². The van der Waals surface area contributed by atoms with Crippen molar-refractivity contribution < 1.29 is 4.74 Å². The molecule has 0 aliphatic heterocycles. The van der Waals surface area contributed by atoms with Gasteiger partial charge in [-0.1, -0.05) is 36.4 Å². The summed E-state index contributed by atoms with van der Waals surface area (Å²) in [5.41, 5.74) is 7.34. The quantitative estimate of drug-likeness (QED) is 0.831. The van der Waals surface area contributed by atoms with Crippen molar-refractivity contribution in [3.8, 4) is 11.8 Å². The molecule has 3 heteroatoms. The van der Waals surface area contributed by atoms with E-state index in [0.717, 1.165) is 5.56 Å². The van der Waals surface area contributed by atoms with Crippen molar-refractivity contribution in [2.75, 3.05) is 5.73 Å². The number of nitrogens with two attached hydrogens (primary N) is 1. The number of nitrogens with zero attached hydrogens (tertiary/aromatic N) is 1. The van der Waals surface area contributed by atoms with E-state index in [1.54, 1.807) is 12.1 Å². The first-order chi connectivity index (χ1) is 8.79. The third kappa shape index (κ3) is 3.02. The molecule has 0 aliphatic rings. The number of benzene rings is 2. The van der Waals surface area contributed by atoms with Gasteiger partial charge in [0.2, 0.25) is 0 Å². The van der Waals surface area contributed by atoms with Crippen molar-refractivity contribution in [2.45, 2.75) is 12.5 Å². The van der Waals surface area contributed by atoms with E-state index in [1.165, 1.54) is 0 Å². The molecular formula is C15H14N2O. The minimum absolute atomic E-state index is 0.266. The molecule has 2 aromatic rings. The van der Waals surface area contributed by atoms with Crippen molar-refractivity contribution in [1.29, 1.82) is 5.26 Å². The highest BCUT2D eigenvalue weighted by Gasteiger charge is 2.12. The number of nitriles is 1. The van der Waals surface area contributed by atoms with Gasteiger partial charge in [-0.05, 0) is 17.7 Å². The molecule has 1 atom stereocenters. The summed E-state index contributed by atoms with van der Waals surface area (Å²) in [6, 6.07) is 19.1. The molecule has 18 heavy (non-hydrogen) atoms. The second-order valence-corrected chi connectivity index (χ2v) is 3.95. The molecule has 2 rings (SSSR count). The largest absolute Gasteiger partial charge is 0.485 e. The summed E-state index contributed by atoms with van der Waals surface area (Å²) in [6.07, 6.45) is 0.0386. The normalized spacial score (nSPS) is 11.5. The summed E-state index contributed by atoms with van der Waals surface area (Å²) >= 11 is 0. The molecule has 0 saturated heterocycles. The Bertz CT molecular complexity index is 546. The first kappa shape index (κ1) is 12.0. The molecule has 0 aliphatic carbocycles. The molecule has 90 valence electrons. The van der Waals surface area contributed by atoms with Gasteiger partial charge in [0.15, 0.2) is 0 Å². The van der Waals surface area contributed by atoms with E-state index in [4.69, 9.17) is 15.7 Å². The third-order valence-electron chi connectivity index (χ3n) is 2.58. The predicted octanol–water partition coefficient (Wildman–Crippen LogP) is 3.30. The molecule has 0 bridgehead atoms. The lowest BCUT2D eigenvalue weighted by Crippen LogP contribution is -2.07. The Morgan fingerprint density at radius 2 is 1.89 bits per heavy atom. The van der Waals surface area contributed by atoms with Crippen LogP contribution >= 0.6 is 0 Å². The fourth-order valence-corrected chi connectivity index (χ4v) is 1.73. The topological polar surface area (TPSA) is 59.0 Å². The van der Waals surface area contributed by atoms with Crippen LogP contribution in [0, 0.1) is 11.3 Å². The van der Waals surface area contributed by atoms with Gasteiger partial charge >= 0.3 is 0 Å². The molecule has 2 aromatic carbocycles. The van der Waals surface area contributed by atoms with E-state index in [9.17, 15) is 0 Å². The van der Waals surface area contributed by atoms with E-state index in [-0.39, 0.29) is 6.10 Å². The second-order valence-electron chi connectivity index (χ2n) is 3.95. The molecule has 0 heterocycles. The number of hydrogen-bond acceptors (Lipinski definition) is 3. The third-order valence-corrected chi connectivity index (χ3v) is 2.58. The lowest BCUT2D eigenvalue weighted by atomic mass is 10.1. The highest BCUT2D eigenvalue weighted by molar-refractivity contribution is 5.43. The molecule has 0 amide bonds. The maximum Gasteiger partial charge on any atom is 0.137 e. The van der Waals surface area contributed by atoms with Crippen molar-refractivity contribution >= 4 is 5.69 Å². The SMILES string of the molecule is N#CCC(Oc1cccc(N)c1)c1ccccc1. The van der Waals surface area contributed by atoms with Crippen LogP contribution in [0.25, 0.3) is 0 Å². The number of hydrogen-bond donors (Lipinski definition) is 1. The first-order valence-corrected chi connectivity index (χ1v) is 5.73. The molecule has 0 aromatic heterocycles. The zero-order valence-electron chi connectivity index (χ0n) is 9.91. The van der Waals surface area contributed by atoms with Gasteiger partial charge in [0.25, 0.3) is 0 Å². The van der Waals surface area contributed by atoms with Crippen molar-refractivity contribution in [3.63, 3.8) is 0 Å². The van der Waals surface area contributed by atoms with E-state index < -0.39 is 0 Å². The lowest BCUT2D eigenvalue weighted by molar-refractivity contribution is 0.211. The van der Waals surface area contributed by atoms with Gasteiger partial charge in [0.1, 0.15) is 11.9 Å². The first-order valence-electron chi connectivity index (χ1n) is 5.73. The Hall–Kier alpha value is -2.47. The van der Waals surface area contributed by atoms with Gasteiger partial charge in [0.05, 0.1) is 12.5 Å². The highest BCUT2D eigenvalue weighted by Crippen LogP contribution is 2.25. The average molecular weight is 238 g/mol. The van der Waals surface area contributed by atoms with E-state index in [2.05, 4.69) is 6.07 Å². The predicted molar refractivity (Wildman–Crippen MR) is 70.9 cm³/mol. The lowest BCUT2D eigenvalue weighted by Gasteiger charge is -2.17. The summed E-state index contributed by atoms with van der Waals surface area (Å²) in [5, 5.41) is 8.88. The Morgan fingerprint density at radius 1 is 1.11 bits per heavy atom. The standard InChI is InChI=1S/C15H14N2O/c16-10-9-15(12-5-2-1-3-6-12)18-14-8-4-7-13(17)11-14/h1-8,11,15H,9,17H2. The van der Waals surface area contributed by atoms with Gasteiger partial charge in [-0.15, -0.1) is 0 Å². The maximum atomic E-state index is 8.88. The summed E-state index contributed by atoms with van der Waals surface area (Å²) in [6.45, 7) is 0. The summed E-state index contributed by atoms with van der Waals surface area (Å²) < 4.78 is 5.82. The monoisotopic (exact) mass is 238 g/mol. The molecule has 3 nitrogen and oxygen atoms in total. The van der Waals surface area contributed by atoms with Crippen molar-refractivity contribution in [2.24, 2.45) is 0 Å². The van der Waals surface area contributed by atoms with Crippen LogP contribution in [0.3, 0.4) is 0 Å². The van der Waals surface area contributed by atoms with Gasteiger partial charge in [-0.2, -0.15) is 5.26 Å². The zero-order chi connectivity index (χ0) is 12.8. The summed E-state index contributed by atoms with van der Waals surface area (Å²) in [5.74, 6) is 0.680. The zero-order valence-corrected chi connectivity index (χ0v) is 9.91. The van der Waals surface area contributed by atoms with Gasteiger partial charge in [-0.25, -0.2) is 0 Å². The minimum atomic E-state index is -0.266. The van der Waals surface area contributed by atoms with E-state index >= 15 is 0 Å². The van der Waals surface area contributed by atoms with Gasteiger partial charge < -0.3 is 10.5 Å². The van der Waals surface area contributed by atoms with Gasteiger partial charge in [0, 0.05) is 11.8 Å². The van der Waals surface area contributed by atoms with Crippen LogP contribution in [0.1, 0.15) is 18.1 Å². The number of rotatable bonds is 4. The van der Waals surface area contributed by atoms with Crippen molar-refractivity contribution in [1.82, 2.24) is 0 Å². The van der Waals surface area contributed by atoms with Crippen LogP contribution in [0.2, 0.25) is 0 Å². The van der Waals surface area contributed by atoms with E-state index in [0.29, 0.717) is 17.9 Å². The summed E-state index contributed by atoms with van der Waals surface area (Å²) in [7, 11) is 0. The number of ether oxygens (including phenoxy) is 1. The molecule has 0 fully saturated rings. The number of nitrogen functional groups attached to an aromatic ring is 1. The molecule has 1 unspecified atom stereocenters. The Morgan fingerprint density at radius 3 is 2.56 bits per heavy atom. The average Bonchev–Trinajstić information content (AvgIpc) is 2.39. The fourth-order valence-electron chi connectivity index (χ4n) is 1.73. The van der Waals surface area contributed by atoms with Crippen LogP contribution in [-0.4, -0.2) is 0 Å². The molecule has 0 saturated carbocycles. The molecular weight excluding hydrogens is 224 g/mol. The summed E-state index contributed by atoms with van der Waals surface area (Å²) in [4.78, 5) is 0. The van der Waals surface area contributed by atoms with Crippen LogP contribution in [-0.2, 0) is 0 Å². The van der Waals surface area contributed by atoms with Gasteiger partial charge in [-0.3, -0.25) is 0 Å². The van der Waals surface area contributed by atoms with Crippen LogP contribution in [0.4, 0.5) is 5.69 Å². The second kappa shape index (κ2) is 5.74. The number of anilines is 1. The van der Waals surface area contributed by atoms with Crippen LogP contribution < -0.4 is 10.5 Å². The van der Waals surface area contributed by atoms with Crippen LogP contribution in [0.5, 0.6) is 5.75 Å². The maximum absolute atomic E-state index is 8.88. The smallest absolute Gasteiger partial charge is 0.137 e.